The van der Waals surface area contributed by atoms with Crippen LogP contribution in [0.15, 0.2) is 0 Å². The van der Waals surface area contributed by atoms with Gasteiger partial charge in [0, 0.05) is 0 Å². The van der Waals surface area contributed by atoms with E-state index in [1.54, 1.807) is 0 Å². The van der Waals surface area contributed by atoms with Gasteiger partial charge in [0.05, 0.1) is 0 Å². The molecule has 1 saturated heterocycles. The fourth-order valence-corrected chi connectivity index (χ4v) is 2.25. The maximum absolute atomic E-state index is 10.8. The zero-order chi connectivity index (χ0) is 11.6. The quantitative estimate of drug-likeness (QED) is 0.407. The third-order valence-electron chi connectivity index (χ3n) is 2.25. The molecule has 88 valence electrons. The number of nitrogens with one attached hydrogen (secondary N) is 1. The van der Waals surface area contributed by atoms with Gasteiger partial charge in [-0.1, -0.05) is 0 Å². The SMILES string of the molecule is CC(=O)N[C@@H]1[C@@H](O)[C@H](O)[C@@H](CO)O[C@H]1[Se-]. The average molecular weight is 283 g/mol. The first-order valence-corrected chi connectivity index (χ1v) is 5.51. The fourth-order valence-electron chi connectivity index (χ4n) is 1.47. The molecular weight excluding hydrogens is 269 g/mol. The van der Waals surface area contributed by atoms with Gasteiger partial charge in [0.15, 0.2) is 0 Å². The molecule has 1 heterocycles. The summed E-state index contributed by atoms with van der Waals surface area (Å²) in [5.41, 5.74) is 0. The van der Waals surface area contributed by atoms with Crippen LogP contribution in [0.3, 0.4) is 0 Å². The van der Waals surface area contributed by atoms with Crippen LogP contribution >= 0.6 is 0 Å². The molecule has 7 heteroatoms. The van der Waals surface area contributed by atoms with E-state index in [9.17, 15) is 15.0 Å². The van der Waals surface area contributed by atoms with Crippen LogP contribution in [0.1, 0.15) is 6.92 Å². The van der Waals surface area contributed by atoms with Gasteiger partial charge in [-0.15, -0.1) is 0 Å². The Hall–Kier alpha value is -0.171. The van der Waals surface area contributed by atoms with Crippen molar-refractivity contribution in [2.45, 2.75) is 36.3 Å². The average Bonchev–Trinajstić information content (AvgIpc) is 2.18. The van der Waals surface area contributed by atoms with Crippen molar-refractivity contribution >= 4 is 21.9 Å². The molecule has 0 spiro atoms. The zero-order valence-corrected chi connectivity index (χ0v) is 9.87. The minimum atomic E-state index is -1.21. The first-order chi connectivity index (χ1) is 6.97. The van der Waals surface area contributed by atoms with Crippen molar-refractivity contribution < 1.29 is 24.9 Å². The van der Waals surface area contributed by atoms with Gasteiger partial charge in [-0.25, -0.2) is 0 Å². The molecule has 0 bridgehead atoms. The number of aliphatic hydroxyl groups is 3. The number of aliphatic hydroxyl groups excluding tert-OH is 3. The van der Waals surface area contributed by atoms with E-state index in [0.29, 0.717) is 0 Å². The van der Waals surface area contributed by atoms with Gasteiger partial charge in [0.1, 0.15) is 0 Å². The number of hydrogen-bond acceptors (Lipinski definition) is 5. The van der Waals surface area contributed by atoms with Crippen molar-refractivity contribution in [3.8, 4) is 0 Å². The van der Waals surface area contributed by atoms with Gasteiger partial charge in [-0.3, -0.25) is 0 Å². The summed E-state index contributed by atoms with van der Waals surface area (Å²) in [4.78, 5) is 10.8. The van der Waals surface area contributed by atoms with Crippen LogP contribution in [-0.4, -0.2) is 73.2 Å². The molecular formula is C8H14NO5Se-. The summed E-state index contributed by atoms with van der Waals surface area (Å²) in [5.74, 6) is -0.322. The van der Waals surface area contributed by atoms with Gasteiger partial charge in [-0.2, -0.15) is 0 Å². The number of amides is 1. The number of carbonyl (C=O) groups is 1. The van der Waals surface area contributed by atoms with Crippen molar-refractivity contribution in [3.63, 3.8) is 0 Å². The molecule has 1 aliphatic heterocycles. The van der Waals surface area contributed by atoms with E-state index < -0.39 is 29.4 Å². The van der Waals surface area contributed by atoms with E-state index in [1.807, 2.05) is 0 Å². The predicted molar refractivity (Wildman–Crippen MR) is 51.1 cm³/mol. The Bertz CT molecular complexity index is 239. The predicted octanol–water partition coefficient (Wildman–Crippen LogP) is -2.90. The molecule has 4 N–H and O–H groups in total. The van der Waals surface area contributed by atoms with Crippen LogP contribution in [0.5, 0.6) is 0 Å². The Morgan fingerprint density at radius 2 is 2.07 bits per heavy atom. The van der Waals surface area contributed by atoms with Crippen LogP contribution < -0.4 is 5.32 Å². The Labute approximate surface area is 95.4 Å². The van der Waals surface area contributed by atoms with Gasteiger partial charge in [-0.05, 0) is 0 Å². The summed E-state index contributed by atoms with van der Waals surface area (Å²) in [5, 5.41) is 30.0. The summed E-state index contributed by atoms with van der Waals surface area (Å²) in [6.07, 6.45) is -3.21. The monoisotopic (exact) mass is 284 g/mol. The normalized spacial score (nSPS) is 41.3. The van der Waals surface area contributed by atoms with Gasteiger partial charge < -0.3 is 0 Å². The number of carbonyl (C=O) groups excluding carboxylic acids is 1. The van der Waals surface area contributed by atoms with Crippen molar-refractivity contribution in [2.75, 3.05) is 6.61 Å². The fraction of sp³-hybridized carbons (Fsp3) is 0.875. The number of ether oxygens (including phenoxy) is 1. The van der Waals surface area contributed by atoms with Crippen LogP contribution in [0, 0.1) is 0 Å². The van der Waals surface area contributed by atoms with Gasteiger partial charge >= 0.3 is 95.0 Å². The molecule has 0 aromatic heterocycles. The molecule has 0 aliphatic carbocycles. The second-order valence-corrected chi connectivity index (χ2v) is 4.41. The Kier molecular flexibility index (Phi) is 4.51. The van der Waals surface area contributed by atoms with E-state index in [4.69, 9.17) is 9.84 Å². The molecule has 5 atom stereocenters. The molecule has 1 fully saturated rings. The Morgan fingerprint density at radius 3 is 2.53 bits per heavy atom. The maximum atomic E-state index is 10.8. The zero-order valence-electron chi connectivity index (χ0n) is 8.16. The van der Waals surface area contributed by atoms with Crippen molar-refractivity contribution in [3.05, 3.63) is 0 Å². The molecule has 0 radical (unpaired) electrons. The Balaban J connectivity index is 2.70. The summed E-state index contributed by atoms with van der Waals surface area (Å²) < 4.78 is 5.20. The first-order valence-electron chi connectivity index (χ1n) is 4.52. The van der Waals surface area contributed by atoms with Crippen LogP contribution in [0.25, 0.3) is 0 Å². The third kappa shape index (κ3) is 2.90. The molecule has 1 aliphatic rings. The standard InChI is InChI=1S/C8H15NO5Se/c1-3(11)9-5-7(13)6(12)4(2-10)14-8(5)15/h4-8,10,12-13,15H,2H2,1H3,(H,9,11)/p-1/t4-,5-,6-,7-,8+/m1/s1. The van der Waals surface area contributed by atoms with E-state index in [1.165, 1.54) is 6.92 Å². The minimum absolute atomic E-state index is 0.322. The number of hydrogen-bond donors (Lipinski definition) is 4. The first kappa shape index (κ1) is 12.9. The molecule has 1 amide bonds. The molecule has 1 rings (SSSR count). The van der Waals surface area contributed by atoms with Crippen molar-refractivity contribution in [1.29, 1.82) is 0 Å². The van der Waals surface area contributed by atoms with Gasteiger partial charge in [0.25, 0.3) is 0 Å². The molecule has 0 aromatic carbocycles. The molecule has 0 aromatic rings. The van der Waals surface area contributed by atoms with E-state index >= 15 is 0 Å². The number of rotatable bonds is 2. The molecule has 6 nitrogen and oxygen atoms in total. The van der Waals surface area contributed by atoms with Crippen molar-refractivity contribution in [1.82, 2.24) is 5.32 Å². The van der Waals surface area contributed by atoms with Gasteiger partial charge in [0.2, 0.25) is 0 Å². The summed E-state index contributed by atoms with van der Waals surface area (Å²) >= 11 is 2.63. The Morgan fingerprint density at radius 1 is 1.47 bits per heavy atom. The molecule has 0 unspecified atom stereocenters. The summed E-state index contributed by atoms with van der Waals surface area (Å²) in [7, 11) is 0. The summed E-state index contributed by atoms with van der Waals surface area (Å²) in [6, 6.07) is -0.708. The summed E-state index contributed by atoms with van der Waals surface area (Å²) in [6.45, 7) is 0.924. The van der Waals surface area contributed by atoms with Crippen LogP contribution in [-0.2, 0) is 9.53 Å². The van der Waals surface area contributed by atoms with E-state index in [0.717, 1.165) is 0 Å². The second-order valence-electron chi connectivity index (χ2n) is 3.43. The second kappa shape index (κ2) is 5.25. The molecule has 0 saturated carbocycles. The third-order valence-corrected chi connectivity index (χ3v) is 3.10. The van der Waals surface area contributed by atoms with Crippen LogP contribution in [0.2, 0.25) is 0 Å². The van der Waals surface area contributed by atoms with Crippen molar-refractivity contribution in [2.24, 2.45) is 0 Å². The van der Waals surface area contributed by atoms with Crippen LogP contribution in [0.4, 0.5) is 0 Å². The van der Waals surface area contributed by atoms with E-state index in [-0.39, 0.29) is 12.5 Å². The topological polar surface area (TPSA) is 99.0 Å². The van der Waals surface area contributed by atoms with E-state index in [2.05, 4.69) is 21.3 Å². The molecule has 15 heavy (non-hydrogen) atoms.